The van der Waals surface area contributed by atoms with Crippen molar-refractivity contribution in [1.29, 1.82) is 0 Å². The molecule has 0 aliphatic carbocycles. The number of nitrogens with zero attached hydrogens (tertiary/aromatic N) is 4. The van der Waals surface area contributed by atoms with Crippen molar-refractivity contribution < 1.29 is 9.18 Å². The predicted octanol–water partition coefficient (Wildman–Crippen LogP) is 4.44. The number of piperidine rings is 1. The lowest BCUT2D eigenvalue weighted by atomic mass is 9.97. The fraction of sp³-hybridized carbons (Fsp3) is 0.292. The monoisotopic (exact) mass is 449 g/mol. The second kappa shape index (κ2) is 8.70. The number of aromatic nitrogens is 3. The number of aryl methyl sites for hydroxylation is 1. The summed E-state index contributed by atoms with van der Waals surface area (Å²) in [6.07, 6.45) is 3.69. The van der Waals surface area contributed by atoms with Gasteiger partial charge in [-0.1, -0.05) is 41.2 Å². The number of amides is 1. The smallest absolute Gasteiger partial charge is 0.225 e. The molecule has 164 valence electrons. The molecule has 2 aromatic carbocycles. The molecule has 0 radical (unpaired) electrons. The van der Waals surface area contributed by atoms with Crippen LogP contribution in [0.5, 0.6) is 0 Å². The van der Waals surface area contributed by atoms with Gasteiger partial charge in [-0.15, -0.1) is 5.10 Å². The third-order valence-electron chi connectivity index (χ3n) is 5.78. The van der Waals surface area contributed by atoms with E-state index >= 15 is 0 Å². The molecule has 1 amide bonds. The summed E-state index contributed by atoms with van der Waals surface area (Å²) in [4.78, 5) is 20.4. The van der Waals surface area contributed by atoms with Gasteiger partial charge >= 0.3 is 0 Å². The SMILES string of the molecule is Cc1cccc(CNC(=O)[C@H]2CCCN(c3nn4cc(-c5ccc(F)cc5)nc4s3)C2)c1. The van der Waals surface area contributed by atoms with Crippen LogP contribution in [0.2, 0.25) is 0 Å². The van der Waals surface area contributed by atoms with E-state index in [1.54, 1.807) is 16.6 Å². The Labute approximate surface area is 189 Å². The summed E-state index contributed by atoms with van der Waals surface area (Å²) in [5.41, 5.74) is 3.93. The van der Waals surface area contributed by atoms with Gasteiger partial charge in [0.05, 0.1) is 17.8 Å². The normalized spacial score (nSPS) is 16.4. The number of hydrogen-bond acceptors (Lipinski definition) is 5. The number of benzene rings is 2. The molecule has 2 aromatic heterocycles. The summed E-state index contributed by atoms with van der Waals surface area (Å²) >= 11 is 1.51. The van der Waals surface area contributed by atoms with Crippen LogP contribution in [-0.4, -0.2) is 33.6 Å². The molecule has 0 saturated carbocycles. The van der Waals surface area contributed by atoms with Gasteiger partial charge in [0.2, 0.25) is 16.0 Å². The van der Waals surface area contributed by atoms with Gasteiger partial charge in [-0.25, -0.2) is 13.9 Å². The summed E-state index contributed by atoms with van der Waals surface area (Å²) in [6.45, 7) is 4.14. The number of halogens is 1. The standard InChI is InChI=1S/C24H24FN5OS/c1-16-4-2-5-17(12-16)13-26-22(31)19-6-3-11-29(14-19)24-28-30-15-21(27-23(30)32-24)18-7-9-20(25)10-8-18/h2,4-5,7-10,12,15,19H,3,6,11,13-14H2,1H3,(H,26,31)/t19-/m0/s1. The van der Waals surface area contributed by atoms with Crippen LogP contribution in [0.4, 0.5) is 9.52 Å². The van der Waals surface area contributed by atoms with Gasteiger partial charge < -0.3 is 10.2 Å². The number of fused-ring (bicyclic) bond motifs is 1. The quantitative estimate of drug-likeness (QED) is 0.489. The first-order valence-electron chi connectivity index (χ1n) is 10.8. The molecule has 0 spiro atoms. The van der Waals surface area contributed by atoms with Crippen LogP contribution in [0.25, 0.3) is 16.2 Å². The summed E-state index contributed by atoms with van der Waals surface area (Å²) in [6, 6.07) is 14.5. The van der Waals surface area contributed by atoms with E-state index in [9.17, 15) is 9.18 Å². The van der Waals surface area contributed by atoms with Crippen LogP contribution in [0.1, 0.15) is 24.0 Å². The minimum absolute atomic E-state index is 0.0560. The van der Waals surface area contributed by atoms with E-state index in [0.717, 1.165) is 46.3 Å². The van der Waals surface area contributed by atoms with Gasteiger partial charge in [0.15, 0.2) is 0 Å². The van der Waals surface area contributed by atoms with Crippen molar-refractivity contribution in [2.45, 2.75) is 26.3 Å². The molecule has 1 fully saturated rings. The van der Waals surface area contributed by atoms with Crippen molar-refractivity contribution in [3.8, 4) is 11.3 Å². The molecule has 32 heavy (non-hydrogen) atoms. The van der Waals surface area contributed by atoms with Crippen LogP contribution < -0.4 is 10.2 Å². The highest BCUT2D eigenvalue weighted by molar-refractivity contribution is 7.20. The second-order valence-electron chi connectivity index (χ2n) is 8.24. The molecule has 3 heterocycles. The number of nitrogens with one attached hydrogen (secondary N) is 1. The highest BCUT2D eigenvalue weighted by atomic mass is 32.1. The zero-order chi connectivity index (χ0) is 22.1. The Balaban J connectivity index is 1.25. The van der Waals surface area contributed by atoms with Gasteiger partial charge in [-0.2, -0.15) is 0 Å². The van der Waals surface area contributed by atoms with Crippen LogP contribution in [0, 0.1) is 18.7 Å². The van der Waals surface area contributed by atoms with Gasteiger partial charge in [0.25, 0.3) is 0 Å². The largest absolute Gasteiger partial charge is 0.352 e. The zero-order valence-corrected chi connectivity index (χ0v) is 18.6. The maximum Gasteiger partial charge on any atom is 0.225 e. The van der Waals surface area contributed by atoms with Crippen LogP contribution in [-0.2, 0) is 11.3 Å². The molecule has 1 N–H and O–H groups in total. The van der Waals surface area contributed by atoms with Crippen LogP contribution in [0.3, 0.4) is 0 Å². The minimum atomic E-state index is -0.266. The molecule has 5 rings (SSSR count). The Morgan fingerprint density at radius 2 is 2.09 bits per heavy atom. The molecule has 4 aromatic rings. The minimum Gasteiger partial charge on any atom is -0.352 e. The Morgan fingerprint density at radius 1 is 1.25 bits per heavy atom. The van der Waals surface area contributed by atoms with E-state index in [-0.39, 0.29) is 17.6 Å². The van der Waals surface area contributed by atoms with Gasteiger partial charge in [-0.3, -0.25) is 4.79 Å². The molecular formula is C24H24FN5OS. The van der Waals surface area contributed by atoms with E-state index in [4.69, 9.17) is 0 Å². The van der Waals surface area contributed by atoms with E-state index in [1.165, 1.54) is 29.0 Å². The average molecular weight is 450 g/mol. The van der Waals surface area contributed by atoms with Crippen LogP contribution in [0.15, 0.2) is 54.7 Å². The maximum atomic E-state index is 13.2. The first kappa shape index (κ1) is 20.6. The summed E-state index contributed by atoms with van der Waals surface area (Å²) < 4.78 is 14.9. The fourth-order valence-electron chi connectivity index (χ4n) is 4.10. The Morgan fingerprint density at radius 3 is 2.88 bits per heavy atom. The van der Waals surface area contributed by atoms with E-state index in [1.807, 2.05) is 18.3 Å². The molecular weight excluding hydrogens is 425 g/mol. The molecule has 0 unspecified atom stereocenters. The lowest BCUT2D eigenvalue weighted by Gasteiger charge is -2.31. The van der Waals surface area contributed by atoms with Crippen LogP contribution >= 0.6 is 11.3 Å². The van der Waals surface area contributed by atoms with Crippen molar-refractivity contribution >= 4 is 27.3 Å². The van der Waals surface area contributed by atoms with Gasteiger partial charge in [0.1, 0.15) is 5.82 Å². The Bertz CT molecular complexity index is 1220. The van der Waals surface area contributed by atoms with Crippen molar-refractivity contribution in [1.82, 2.24) is 19.9 Å². The number of rotatable bonds is 5. The first-order valence-corrected chi connectivity index (χ1v) is 11.6. The van der Waals surface area contributed by atoms with Crippen molar-refractivity contribution in [2.75, 3.05) is 18.0 Å². The highest BCUT2D eigenvalue weighted by Crippen LogP contribution is 2.30. The maximum absolute atomic E-state index is 13.2. The van der Waals surface area contributed by atoms with Gasteiger partial charge in [-0.05, 0) is 49.6 Å². The molecule has 1 saturated heterocycles. The molecule has 1 aliphatic rings. The number of imidazole rings is 1. The Kier molecular flexibility index (Phi) is 5.61. The van der Waals surface area contributed by atoms with Crippen molar-refractivity contribution in [3.05, 3.63) is 71.7 Å². The summed E-state index contributed by atoms with van der Waals surface area (Å²) in [5, 5.41) is 8.65. The molecule has 0 bridgehead atoms. The predicted molar refractivity (Wildman–Crippen MR) is 124 cm³/mol. The number of carbonyl (C=O) groups is 1. The summed E-state index contributed by atoms with van der Waals surface area (Å²) in [7, 11) is 0. The zero-order valence-electron chi connectivity index (χ0n) is 17.8. The first-order chi connectivity index (χ1) is 15.5. The molecule has 1 atom stereocenters. The highest BCUT2D eigenvalue weighted by Gasteiger charge is 2.27. The third-order valence-corrected chi connectivity index (χ3v) is 6.77. The van der Waals surface area contributed by atoms with E-state index in [2.05, 4.69) is 39.4 Å². The topological polar surface area (TPSA) is 62.5 Å². The lowest BCUT2D eigenvalue weighted by molar-refractivity contribution is -0.125. The molecule has 1 aliphatic heterocycles. The van der Waals surface area contributed by atoms with Crippen molar-refractivity contribution in [2.24, 2.45) is 5.92 Å². The second-order valence-corrected chi connectivity index (χ2v) is 9.17. The lowest BCUT2D eigenvalue weighted by Crippen LogP contribution is -2.43. The Hall–Kier alpha value is -3.26. The van der Waals surface area contributed by atoms with Crippen molar-refractivity contribution in [3.63, 3.8) is 0 Å². The van der Waals surface area contributed by atoms with E-state index in [0.29, 0.717) is 13.1 Å². The fourth-order valence-corrected chi connectivity index (χ4v) is 5.02. The molecule has 8 heteroatoms. The average Bonchev–Trinajstić information content (AvgIpc) is 3.38. The third kappa shape index (κ3) is 4.36. The number of anilines is 1. The number of carbonyl (C=O) groups excluding carboxylic acids is 1. The molecule has 6 nitrogen and oxygen atoms in total. The summed E-state index contributed by atoms with van der Waals surface area (Å²) in [5.74, 6) is -0.228. The van der Waals surface area contributed by atoms with E-state index < -0.39 is 0 Å². The number of hydrogen-bond donors (Lipinski definition) is 1. The van der Waals surface area contributed by atoms with Gasteiger partial charge in [0, 0.05) is 25.2 Å².